The van der Waals surface area contributed by atoms with Crippen LogP contribution in [0.25, 0.3) is 16.7 Å². The van der Waals surface area contributed by atoms with E-state index in [1.165, 1.54) is 17.1 Å². The Bertz CT molecular complexity index is 1270. The molecule has 0 atom stereocenters. The SMILES string of the molecule is Cc1cc(C)cc(NC(=O)Cn2cnc3c(cnn3-c3ccccc3C)c2=O)c1. The van der Waals surface area contributed by atoms with E-state index in [1.807, 2.05) is 63.2 Å². The normalized spacial score (nSPS) is 11.0. The van der Waals surface area contributed by atoms with Crippen molar-refractivity contribution in [3.8, 4) is 5.69 Å². The molecule has 0 aliphatic rings. The van der Waals surface area contributed by atoms with Crippen LogP contribution in [0.3, 0.4) is 0 Å². The quantitative estimate of drug-likeness (QED) is 0.583. The van der Waals surface area contributed by atoms with Crippen LogP contribution in [-0.2, 0) is 11.3 Å². The van der Waals surface area contributed by atoms with Crippen molar-refractivity contribution >= 4 is 22.6 Å². The predicted octanol–water partition coefficient (Wildman–Crippen LogP) is 3.15. The first-order chi connectivity index (χ1) is 13.9. The van der Waals surface area contributed by atoms with Crippen molar-refractivity contribution in [2.75, 3.05) is 5.32 Å². The highest BCUT2D eigenvalue weighted by Crippen LogP contribution is 2.17. The number of nitrogens with one attached hydrogen (secondary N) is 1. The molecule has 4 aromatic rings. The third kappa shape index (κ3) is 3.67. The molecule has 2 heterocycles. The van der Waals surface area contributed by atoms with E-state index in [9.17, 15) is 9.59 Å². The van der Waals surface area contributed by atoms with Gasteiger partial charge >= 0.3 is 0 Å². The Labute approximate surface area is 167 Å². The lowest BCUT2D eigenvalue weighted by Crippen LogP contribution is -2.27. The fraction of sp³-hybridized carbons (Fsp3) is 0.182. The van der Waals surface area contributed by atoms with Crippen LogP contribution < -0.4 is 10.9 Å². The van der Waals surface area contributed by atoms with Gasteiger partial charge < -0.3 is 5.32 Å². The van der Waals surface area contributed by atoms with Crippen molar-refractivity contribution < 1.29 is 4.79 Å². The Morgan fingerprint density at radius 1 is 1.07 bits per heavy atom. The van der Waals surface area contributed by atoms with E-state index >= 15 is 0 Å². The lowest BCUT2D eigenvalue weighted by Gasteiger charge is -2.09. The average molecular weight is 387 g/mol. The van der Waals surface area contributed by atoms with Crippen molar-refractivity contribution in [1.29, 1.82) is 0 Å². The molecule has 0 unspecified atom stereocenters. The zero-order chi connectivity index (χ0) is 20.5. The fourth-order valence-corrected chi connectivity index (χ4v) is 3.44. The van der Waals surface area contributed by atoms with Crippen LogP contribution in [0.5, 0.6) is 0 Å². The monoisotopic (exact) mass is 387 g/mol. The molecule has 0 saturated heterocycles. The van der Waals surface area contributed by atoms with Crippen molar-refractivity contribution in [2.45, 2.75) is 27.3 Å². The summed E-state index contributed by atoms with van der Waals surface area (Å²) in [5, 5.41) is 7.54. The second kappa shape index (κ2) is 7.35. The first-order valence-corrected chi connectivity index (χ1v) is 9.30. The summed E-state index contributed by atoms with van der Waals surface area (Å²) in [4.78, 5) is 29.7. The molecule has 29 heavy (non-hydrogen) atoms. The lowest BCUT2D eigenvalue weighted by atomic mass is 10.1. The number of aryl methyl sites for hydroxylation is 3. The van der Waals surface area contributed by atoms with E-state index in [-0.39, 0.29) is 18.0 Å². The highest BCUT2D eigenvalue weighted by Gasteiger charge is 2.14. The smallest absolute Gasteiger partial charge is 0.264 e. The zero-order valence-electron chi connectivity index (χ0n) is 16.5. The van der Waals surface area contributed by atoms with Gasteiger partial charge in [-0.2, -0.15) is 5.10 Å². The van der Waals surface area contributed by atoms with Gasteiger partial charge in [-0.25, -0.2) is 9.67 Å². The molecule has 0 saturated carbocycles. The van der Waals surface area contributed by atoms with E-state index in [2.05, 4.69) is 15.4 Å². The molecule has 146 valence electrons. The van der Waals surface area contributed by atoms with Gasteiger partial charge in [0, 0.05) is 5.69 Å². The summed E-state index contributed by atoms with van der Waals surface area (Å²) < 4.78 is 2.94. The van der Waals surface area contributed by atoms with Crippen LogP contribution in [0.1, 0.15) is 16.7 Å². The van der Waals surface area contributed by atoms with E-state index in [4.69, 9.17) is 0 Å². The molecule has 7 nitrogen and oxygen atoms in total. The second-order valence-electron chi connectivity index (χ2n) is 7.18. The molecule has 1 amide bonds. The maximum absolute atomic E-state index is 12.8. The van der Waals surface area contributed by atoms with Gasteiger partial charge in [-0.3, -0.25) is 14.2 Å². The number of amides is 1. The van der Waals surface area contributed by atoms with Gasteiger partial charge in [0.15, 0.2) is 5.65 Å². The average Bonchev–Trinajstić information content (AvgIpc) is 3.08. The minimum absolute atomic E-state index is 0.121. The number of carbonyl (C=O) groups excluding carboxylic acids is 1. The van der Waals surface area contributed by atoms with Crippen molar-refractivity contribution in [3.05, 3.63) is 82.0 Å². The molecule has 2 aromatic carbocycles. The summed E-state index contributed by atoms with van der Waals surface area (Å²) in [5.74, 6) is -0.287. The maximum Gasteiger partial charge on any atom is 0.264 e. The lowest BCUT2D eigenvalue weighted by molar-refractivity contribution is -0.116. The molecule has 0 radical (unpaired) electrons. The molecule has 0 aliphatic carbocycles. The molecule has 4 rings (SSSR count). The number of aromatic nitrogens is 4. The van der Waals surface area contributed by atoms with Gasteiger partial charge in [-0.1, -0.05) is 24.3 Å². The third-order valence-corrected chi connectivity index (χ3v) is 4.72. The van der Waals surface area contributed by atoms with Crippen molar-refractivity contribution in [1.82, 2.24) is 19.3 Å². The van der Waals surface area contributed by atoms with Crippen LogP contribution >= 0.6 is 0 Å². The van der Waals surface area contributed by atoms with Gasteiger partial charge in [-0.15, -0.1) is 0 Å². The van der Waals surface area contributed by atoms with E-state index in [0.29, 0.717) is 16.7 Å². The number of hydrogen-bond acceptors (Lipinski definition) is 4. The highest BCUT2D eigenvalue weighted by atomic mass is 16.2. The van der Waals surface area contributed by atoms with Crippen LogP contribution in [0.2, 0.25) is 0 Å². The summed E-state index contributed by atoms with van der Waals surface area (Å²) >= 11 is 0. The van der Waals surface area contributed by atoms with Gasteiger partial charge in [0.2, 0.25) is 5.91 Å². The zero-order valence-corrected chi connectivity index (χ0v) is 16.5. The number of anilines is 1. The van der Waals surface area contributed by atoms with Crippen LogP contribution in [-0.4, -0.2) is 25.2 Å². The van der Waals surface area contributed by atoms with E-state index < -0.39 is 0 Å². The minimum Gasteiger partial charge on any atom is -0.325 e. The van der Waals surface area contributed by atoms with Gasteiger partial charge in [-0.05, 0) is 55.7 Å². The van der Waals surface area contributed by atoms with Crippen LogP contribution in [0.15, 0.2) is 59.8 Å². The number of rotatable bonds is 4. The van der Waals surface area contributed by atoms with Crippen molar-refractivity contribution in [3.63, 3.8) is 0 Å². The Balaban J connectivity index is 1.62. The Morgan fingerprint density at radius 3 is 2.52 bits per heavy atom. The largest absolute Gasteiger partial charge is 0.325 e. The number of para-hydroxylation sites is 1. The molecule has 0 aliphatic heterocycles. The molecule has 1 N–H and O–H groups in total. The number of fused-ring (bicyclic) bond motifs is 1. The molecule has 7 heteroatoms. The minimum atomic E-state index is -0.301. The summed E-state index contributed by atoms with van der Waals surface area (Å²) in [5.41, 5.74) is 4.88. The number of benzene rings is 2. The molecule has 2 aromatic heterocycles. The topological polar surface area (TPSA) is 81.8 Å². The fourth-order valence-electron chi connectivity index (χ4n) is 3.44. The highest BCUT2D eigenvalue weighted by molar-refractivity contribution is 5.91. The second-order valence-corrected chi connectivity index (χ2v) is 7.18. The summed E-state index contributed by atoms with van der Waals surface area (Å²) in [6.07, 6.45) is 2.89. The van der Waals surface area contributed by atoms with Crippen LogP contribution in [0.4, 0.5) is 5.69 Å². The first kappa shape index (κ1) is 18.6. The summed E-state index contributed by atoms with van der Waals surface area (Å²) in [6, 6.07) is 13.6. The van der Waals surface area contributed by atoms with E-state index in [0.717, 1.165) is 22.4 Å². The third-order valence-electron chi connectivity index (χ3n) is 4.72. The maximum atomic E-state index is 12.8. The van der Waals surface area contributed by atoms with Gasteiger partial charge in [0.05, 0.1) is 11.9 Å². The van der Waals surface area contributed by atoms with Crippen LogP contribution in [0, 0.1) is 20.8 Å². The predicted molar refractivity (Wildman–Crippen MR) is 112 cm³/mol. The number of carbonyl (C=O) groups is 1. The van der Waals surface area contributed by atoms with Crippen molar-refractivity contribution in [2.24, 2.45) is 0 Å². The Morgan fingerprint density at radius 2 is 1.79 bits per heavy atom. The number of nitrogens with zero attached hydrogens (tertiary/aromatic N) is 4. The Kier molecular flexibility index (Phi) is 4.72. The molecule has 0 spiro atoms. The summed E-state index contributed by atoms with van der Waals surface area (Å²) in [7, 11) is 0. The number of hydrogen-bond donors (Lipinski definition) is 1. The molecular weight excluding hydrogens is 366 g/mol. The molecule has 0 fully saturated rings. The first-order valence-electron chi connectivity index (χ1n) is 9.30. The Hall–Kier alpha value is -3.74. The summed E-state index contributed by atoms with van der Waals surface area (Å²) in [6.45, 7) is 5.79. The van der Waals surface area contributed by atoms with Gasteiger partial charge in [0.25, 0.3) is 5.56 Å². The molecule has 0 bridgehead atoms. The molecular formula is C22H21N5O2. The van der Waals surface area contributed by atoms with Gasteiger partial charge in [0.1, 0.15) is 18.3 Å². The standard InChI is InChI=1S/C22H21N5O2/c1-14-8-15(2)10-17(9-14)25-20(28)12-26-13-23-21-18(22(26)29)11-24-27(21)19-7-5-4-6-16(19)3/h4-11,13H,12H2,1-3H3,(H,25,28). The van der Waals surface area contributed by atoms with E-state index in [1.54, 1.807) is 4.68 Å².